The van der Waals surface area contributed by atoms with Gasteiger partial charge in [0.1, 0.15) is 6.04 Å². The number of carbonyl (C=O) groups is 3. The Kier molecular flexibility index (Phi) is 9.81. The van der Waals surface area contributed by atoms with Crippen LogP contribution in [0.2, 0.25) is 0 Å². The average Bonchev–Trinajstić information content (AvgIpc) is 2.76. The van der Waals surface area contributed by atoms with Gasteiger partial charge in [-0.1, -0.05) is 55.6 Å². The zero-order chi connectivity index (χ0) is 23.0. The van der Waals surface area contributed by atoms with E-state index >= 15 is 0 Å². The minimum atomic E-state index is -0.603. The summed E-state index contributed by atoms with van der Waals surface area (Å²) in [5.74, 6) is -0.355. The molecule has 7 nitrogen and oxygen atoms in total. The number of halogens is 1. The second kappa shape index (κ2) is 12.1. The van der Waals surface area contributed by atoms with E-state index in [-0.39, 0.29) is 29.8 Å². The second-order valence-corrected chi connectivity index (χ2v) is 9.17. The molecule has 1 aromatic carbocycles. The van der Waals surface area contributed by atoms with Crippen LogP contribution in [0, 0.1) is 5.92 Å². The summed E-state index contributed by atoms with van der Waals surface area (Å²) in [5, 5.41) is 5.90. The summed E-state index contributed by atoms with van der Waals surface area (Å²) in [6.07, 6.45) is 2.75. The van der Waals surface area contributed by atoms with E-state index in [0.29, 0.717) is 31.7 Å². The lowest BCUT2D eigenvalue weighted by Gasteiger charge is -2.41. The van der Waals surface area contributed by atoms with Gasteiger partial charge in [-0.2, -0.15) is 0 Å². The summed E-state index contributed by atoms with van der Waals surface area (Å²) in [6.45, 7) is 10.1. The van der Waals surface area contributed by atoms with E-state index in [1.807, 2.05) is 26.8 Å². The van der Waals surface area contributed by atoms with Crippen molar-refractivity contribution in [2.45, 2.75) is 59.0 Å². The van der Waals surface area contributed by atoms with E-state index in [2.05, 4.69) is 33.5 Å². The lowest BCUT2D eigenvalue weighted by molar-refractivity contribution is -0.136. The van der Waals surface area contributed by atoms with Crippen LogP contribution < -0.4 is 10.6 Å². The molecule has 1 heterocycles. The summed E-state index contributed by atoms with van der Waals surface area (Å²) in [4.78, 5) is 42.1. The van der Waals surface area contributed by atoms with Crippen molar-refractivity contribution in [3.05, 3.63) is 34.3 Å². The van der Waals surface area contributed by atoms with Crippen LogP contribution in [-0.2, 0) is 4.79 Å². The molecule has 1 aliphatic rings. The molecule has 31 heavy (non-hydrogen) atoms. The molecule has 1 aliphatic heterocycles. The highest BCUT2D eigenvalue weighted by molar-refractivity contribution is 9.10. The van der Waals surface area contributed by atoms with Gasteiger partial charge in [0.25, 0.3) is 5.91 Å². The topological polar surface area (TPSA) is 81.8 Å². The molecule has 2 rings (SSSR count). The summed E-state index contributed by atoms with van der Waals surface area (Å²) >= 11 is 3.38. The summed E-state index contributed by atoms with van der Waals surface area (Å²) in [6, 6.07) is 6.36. The summed E-state index contributed by atoms with van der Waals surface area (Å²) in [7, 11) is 0. The third kappa shape index (κ3) is 6.95. The van der Waals surface area contributed by atoms with Crippen molar-refractivity contribution in [2.75, 3.05) is 26.2 Å². The van der Waals surface area contributed by atoms with Gasteiger partial charge in [-0.25, -0.2) is 4.79 Å². The molecule has 0 radical (unpaired) electrons. The Bertz CT molecular complexity index is 773. The monoisotopic (exact) mass is 494 g/mol. The van der Waals surface area contributed by atoms with Gasteiger partial charge in [-0.15, -0.1) is 0 Å². The number of rotatable bonds is 8. The smallest absolute Gasteiger partial charge is 0.317 e. The Morgan fingerprint density at radius 1 is 1.23 bits per heavy atom. The number of benzene rings is 1. The third-order valence-corrected chi connectivity index (χ3v) is 6.35. The van der Waals surface area contributed by atoms with Crippen molar-refractivity contribution in [1.82, 2.24) is 20.4 Å². The highest BCUT2D eigenvalue weighted by atomic mass is 79.9. The maximum Gasteiger partial charge on any atom is 0.317 e. The van der Waals surface area contributed by atoms with Crippen LogP contribution in [0.3, 0.4) is 0 Å². The first-order valence-corrected chi connectivity index (χ1v) is 12.0. The fourth-order valence-corrected chi connectivity index (χ4v) is 4.07. The predicted molar refractivity (Wildman–Crippen MR) is 126 cm³/mol. The van der Waals surface area contributed by atoms with Gasteiger partial charge < -0.3 is 20.4 Å². The Balaban J connectivity index is 2.03. The van der Waals surface area contributed by atoms with Gasteiger partial charge in [-0.05, 0) is 37.5 Å². The van der Waals surface area contributed by atoms with E-state index in [0.717, 1.165) is 23.7 Å². The van der Waals surface area contributed by atoms with Crippen LogP contribution in [0.4, 0.5) is 4.79 Å². The number of hydrogen-bond acceptors (Lipinski definition) is 3. The normalized spacial score (nSPS) is 18.3. The SMILES string of the molecule is CCCCNC(=O)N1CCN(C(=O)C(NC(=O)c2cccc(Br)c2)C(C)CC)CC1C. The second-order valence-electron chi connectivity index (χ2n) is 8.26. The van der Waals surface area contributed by atoms with Gasteiger partial charge in [-0.3, -0.25) is 9.59 Å². The molecular weight excluding hydrogens is 460 g/mol. The Hall–Kier alpha value is -2.09. The number of urea groups is 1. The Labute approximate surface area is 194 Å². The van der Waals surface area contributed by atoms with Crippen molar-refractivity contribution in [3.8, 4) is 0 Å². The molecule has 4 amide bonds. The third-order valence-electron chi connectivity index (χ3n) is 5.86. The first kappa shape index (κ1) is 25.2. The zero-order valence-electron chi connectivity index (χ0n) is 19.0. The molecule has 3 atom stereocenters. The molecule has 0 spiro atoms. The van der Waals surface area contributed by atoms with Crippen LogP contribution >= 0.6 is 15.9 Å². The zero-order valence-corrected chi connectivity index (χ0v) is 20.6. The molecule has 1 fully saturated rings. The molecular formula is C23H35BrN4O3. The molecule has 1 saturated heterocycles. The van der Waals surface area contributed by atoms with Crippen molar-refractivity contribution in [1.29, 1.82) is 0 Å². The van der Waals surface area contributed by atoms with E-state index in [1.54, 1.807) is 28.0 Å². The highest BCUT2D eigenvalue weighted by Crippen LogP contribution is 2.17. The number of hydrogen-bond donors (Lipinski definition) is 2. The van der Waals surface area contributed by atoms with Crippen molar-refractivity contribution in [2.24, 2.45) is 5.92 Å². The van der Waals surface area contributed by atoms with Gasteiger partial charge in [0.15, 0.2) is 0 Å². The number of carbonyl (C=O) groups excluding carboxylic acids is 3. The standard InChI is InChI=1S/C23H35BrN4O3/c1-5-7-11-25-23(31)28-13-12-27(15-17(28)4)22(30)20(16(3)6-2)26-21(29)18-9-8-10-19(24)14-18/h8-10,14,16-17,20H,5-7,11-13,15H2,1-4H3,(H,25,31)(H,26,29). The van der Waals surface area contributed by atoms with Crippen LogP contribution in [0.15, 0.2) is 28.7 Å². The lowest BCUT2D eigenvalue weighted by atomic mass is 9.96. The first-order valence-electron chi connectivity index (χ1n) is 11.2. The Morgan fingerprint density at radius 2 is 1.97 bits per heavy atom. The lowest BCUT2D eigenvalue weighted by Crippen LogP contribution is -2.61. The van der Waals surface area contributed by atoms with Gasteiger partial charge >= 0.3 is 6.03 Å². The summed E-state index contributed by atoms with van der Waals surface area (Å²) in [5.41, 5.74) is 0.511. The van der Waals surface area contributed by atoms with Gasteiger partial charge in [0.2, 0.25) is 5.91 Å². The van der Waals surface area contributed by atoms with Gasteiger partial charge in [0, 0.05) is 42.3 Å². The molecule has 2 N–H and O–H groups in total. The Morgan fingerprint density at radius 3 is 2.58 bits per heavy atom. The first-order chi connectivity index (χ1) is 14.8. The van der Waals surface area contributed by atoms with Crippen LogP contribution in [0.5, 0.6) is 0 Å². The van der Waals surface area contributed by atoms with Crippen molar-refractivity contribution >= 4 is 33.8 Å². The number of nitrogens with zero attached hydrogens (tertiary/aromatic N) is 2. The molecule has 0 aromatic heterocycles. The predicted octanol–water partition coefficient (Wildman–Crippen LogP) is 3.64. The van der Waals surface area contributed by atoms with E-state index in [9.17, 15) is 14.4 Å². The highest BCUT2D eigenvalue weighted by Gasteiger charge is 2.35. The van der Waals surface area contributed by atoms with Gasteiger partial charge in [0.05, 0.1) is 0 Å². The fourth-order valence-electron chi connectivity index (χ4n) is 3.67. The minimum Gasteiger partial charge on any atom is -0.340 e. The number of unbranched alkanes of at least 4 members (excludes halogenated alkanes) is 1. The molecule has 3 unspecified atom stereocenters. The molecule has 8 heteroatoms. The minimum absolute atomic E-state index is 0.00530. The molecule has 0 aliphatic carbocycles. The summed E-state index contributed by atoms with van der Waals surface area (Å²) < 4.78 is 0.814. The van der Waals surface area contributed by atoms with E-state index in [4.69, 9.17) is 0 Å². The van der Waals surface area contributed by atoms with Crippen LogP contribution in [0.1, 0.15) is 57.3 Å². The number of piperazine rings is 1. The average molecular weight is 495 g/mol. The van der Waals surface area contributed by atoms with Crippen molar-refractivity contribution < 1.29 is 14.4 Å². The number of amides is 4. The largest absolute Gasteiger partial charge is 0.340 e. The van der Waals surface area contributed by atoms with E-state index in [1.165, 1.54) is 0 Å². The number of nitrogens with one attached hydrogen (secondary N) is 2. The quantitative estimate of drug-likeness (QED) is 0.541. The maximum absolute atomic E-state index is 13.3. The maximum atomic E-state index is 13.3. The molecule has 1 aromatic rings. The molecule has 0 saturated carbocycles. The fraction of sp³-hybridized carbons (Fsp3) is 0.609. The van der Waals surface area contributed by atoms with E-state index < -0.39 is 6.04 Å². The molecule has 172 valence electrons. The van der Waals surface area contributed by atoms with Crippen LogP contribution in [0.25, 0.3) is 0 Å². The molecule has 0 bridgehead atoms. The van der Waals surface area contributed by atoms with Crippen LogP contribution in [-0.4, -0.2) is 65.9 Å². The van der Waals surface area contributed by atoms with Crippen molar-refractivity contribution in [3.63, 3.8) is 0 Å².